The number of aryl methyl sites for hydroxylation is 1. The van der Waals surface area contributed by atoms with Crippen LogP contribution < -0.4 is 9.47 Å². The lowest BCUT2D eigenvalue weighted by atomic mass is 9.74. The Balaban J connectivity index is 1.36. The van der Waals surface area contributed by atoms with E-state index in [1.165, 1.54) is 5.56 Å². The van der Waals surface area contributed by atoms with Crippen LogP contribution in [0.5, 0.6) is 11.5 Å². The fourth-order valence-corrected chi connectivity index (χ4v) is 5.63. The molecular formula is C27H33Cl2NO4. The molecule has 2 aliphatic heterocycles. The first-order chi connectivity index (χ1) is 16.4. The van der Waals surface area contributed by atoms with Gasteiger partial charge in [0, 0.05) is 39.1 Å². The normalized spacial score (nSPS) is 16.9. The first-order valence-corrected chi connectivity index (χ1v) is 13.0. The molecule has 2 aromatic rings. The first kappa shape index (κ1) is 25.2. The molecule has 1 N–H and O–H groups in total. The summed E-state index contributed by atoms with van der Waals surface area (Å²) in [4.78, 5) is 13.1. The molecule has 2 aliphatic rings. The van der Waals surface area contributed by atoms with Gasteiger partial charge in [0.1, 0.15) is 18.1 Å². The molecule has 1 fully saturated rings. The van der Waals surface area contributed by atoms with Gasteiger partial charge in [0.05, 0.1) is 6.61 Å². The van der Waals surface area contributed by atoms with Crippen LogP contribution in [-0.2, 0) is 23.2 Å². The fourth-order valence-electron chi connectivity index (χ4n) is 4.99. The minimum absolute atomic E-state index is 0.0398. The van der Waals surface area contributed by atoms with Crippen LogP contribution in [0.2, 0.25) is 10.0 Å². The van der Waals surface area contributed by atoms with Crippen molar-refractivity contribution in [2.75, 3.05) is 26.2 Å². The lowest BCUT2D eigenvalue weighted by Gasteiger charge is -2.38. The molecule has 1 spiro atoms. The molecule has 184 valence electrons. The van der Waals surface area contributed by atoms with E-state index in [-0.39, 0.29) is 11.8 Å². The van der Waals surface area contributed by atoms with Crippen LogP contribution in [0.1, 0.15) is 62.1 Å². The van der Waals surface area contributed by atoms with E-state index in [0.717, 1.165) is 74.4 Å². The van der Waals surface area contributed by atoms with Gasteiger partial charge in [-0.2, -0.15) is 0 Å². The van der Waals surface area contributed by atoms with Gasteiger partial charge in [-0.05, 0) is 75.5 Å². The Morgan fingerprint density at radius 2 is 1.88 bits per heavy atom. The van der Waals surface area contributed by atoms with Gasteiger partial charge >= 0.3 is 5.97 Å². The van der Waals surface area contributed by atoms with E-state index in [0.29, 0.717) is 29.7 Å². The lowest BCUT2D eigenvalue weighted by Crippen LogP contribution is -2.43. The number of carboxylic acid groups (broad SMARTS) is 1. The van der Waals surface area contributed by atoms with Crippen LogP contribution in [0.4, 0.5) is 0 Å². The van der Waals surface area contributed by atoms with Gasteiger partial charge in [0.25, 0.3) is 0 Å². The van der Waals surface area contributed by atoms with E-state index in [1.54, 1.807) is 0 Å². The molecule has 0 bridgehead atoms. The van der Waals surface area contributed by atoms with Crippen molar-refractivity contribution in [1.29, 1.82) is 0 Å². The second-order valence-electron chi connectivity index (χ2n) is 9.50. The Morgan fingerprint density at radius 1 is 1.15 bits per heavy atom. The predicted molar refractivity (Wildman–Crippen MR) is 136 cm³/mol. The van der Waals surface area contributed by atoms with Gasteiger partial charge in [-0.25, -0.2) is 0 Å². The van der Waals surface area contributed by atoms with Crippen molar-refractivity contribution in [2.45, 2.75) is 63.9 Å². The average molecular weight is 506 g/mol. The zero-order valence-corrected chi connectivity index (χ0v) is 21.3. The number of unbranched alkanes of at least 4 members (excludes halogenated alkanes) is 1. The van der Waals surface area contributed by atoms with Crippen molar-refractivity contribution in [3.05, 3.63) is 57.1 Å². The average Bonchev–Trinajstić information content (AvgIpc) is 3.15. The maximum atomic E-state index is 10.8. The molecule has 4 rings (SSSR count). The van der Waals surface area contributed by atoms with Gasteiger partial charge in [0.15, 0.2) is 0 Å². The minimum Gasteiger partial charge on any atom is -0.492 e. The second kappa shape index (κ2) is 11.2. The van der Waals surface area contributed by atoms with Gasteiger partial charge in [-0.15, -0.1) is 0 Å². The quantitative estimate of drug-likeness (QED) is 0.398. The van der Waals surface area contributed by atoms with Gasteiger partial charge < -0.3 is 19.5 Å². The standard InChI is InChI=1S/C27H33Cl2NO4/c1-2-3-5-19-14-23(28)21(24(29)15-19)17-33-20-7-8-22-25(16-20)34-18-27(22)9-12-30(13-10-27)11-4-6-26(31)32/h7-8,14-16H,2-6,9-13,17-18H2,1H3,(H,31,32). The van der Waals surface area contributed by atoms with E-state index in [9.17, 15) is 4.79 Å². The van der Waals surface area contributed by atoms with Crippen molar-refractivity contribution in [3.63, 3.8) is 0 Å². The molecule has 0 unspecified atom stereocenters. The first-order valence-electron chi connectivity index (χ1n) is 12.2. The number of carbonyl (C=O) groups is 1. The fraction of sp³-hybridized carbons (Fsp3) is 0.519. The number of likely N-dealkylation sites (tertiary alicyclic amines) is 1. The third-order valence-corrected chi connectivity index (χ3v) is 7.78. The van der Waals surface area contributed by atoms with Gasteiger partial charge in [-0.1, -0.05) is 42.6 Å². The summed E-state index contributed by atoms with van der Waals surface area (Å²) in [5, 5.41) is 10.1. The van der Waals surface area contributed by atoms with Crippen molar-refractivity contribution in [3.8, 4) is 11.5 Å². The lowest BCUT2D eigenvalue weighted by molar-refractivity contribution is -0.137. The molecule has 0 atom stereocenters. The highest BCUT2D eigenvalue weighted by Gasteiger charge is 2.43. The molecule has 0 saturated carbocycles. The third-order valence-electron chi connectivity index (χ3n) is 7.11. The third kappa shape index (κ3) is 5.81. The summed E-state index contributed by atoms with van der Waals surface area (Å²) in [6.07, 6.45) is 6.18. The zero-order chi connectivity index (χ0) is 24.1. The van der Waals surface area contributed by atoms with Crippen molar-refractivity contribution in [1.82, 2.24) is 4.90 Å². The Hall–Kier alpha value is -1.95. The summed E-state index contributed by atoms with van der Waals surface area (Å²) < 4.78 is 12.2. The Bertz CT molecular complexity index is 995. The van der Waals surface area contributed by atoms with Crippen LogP contribution in [-0.4, -0.2) is 42.2 Å². The van der Waals surface area contributed by atoms with E-state index in [2.05, 4.69) is 17.9 Å². The number of carboxylic acids is 1. The van der Waals surface area contributed by atoms with Crippen LogP contribution in [0, 0.1) is 0 Å². The summed E-state index contributed by atoms with van der Waals surface area (Å²) in [7, 11) is 0. The number of fused-ring (bicyclic) bond motifs is 2. The topological polar surface area (TPSA) is 59.0 Å². The Morgan fingerprint density at radius 3 is 2.56 bits per heavy atom. The number of rotatable bonds is 10. The SMILES string of the molecule is CCCCc1cc(Cl)c(COc2ccc3c(c2)OCC32CCN(CCCC(=O)O)CC2)c(Cl)c1. The summed E-state index contributed by atoms with van der Waals surface area (Å²) in [6, 6.07) is 10.1. The second-order valence-corrected chi connectivity index (χ2v) is 10.3. The summed E-state index contributed by atoms with van der Waals surface area (Å²) in [6.45, 7) is 5.93. The maximum absolute atomic E-state index is 10.8. The smallest absolute Gasteiger partial charge is 0.303 e. The zero-order valence-electron chi connectivity index (χ0n) is 19.7. The van der Waals surface area contributed by atoms with Crippen molar-refractivity contribution >= 4 is 29.2 Å². The molecular weight excluding hydrogens is 473 g/mol. The van der Waals surface area contributed by atoms with Gasteiger partial charge in [-0.3, -0.25) is 4.79 Å². The number of aliphatic carboxylic acids is 1. The number of nitrogens with zero attached hydrogens (tertiary/aromatic N) is 1. The molecule has 34 heavy (non-hydrogen) atoms. The molecule has 2 heterocycles. The van der Waals surface area contributed by atoms with E-state index in [4.69, 9.17) is 37.8 Å². The van der Waals surface area contributed by atoms with Crippen LogP contribution >= 0.6 is 23.2 Å². The number of halogens is 2. The molecule has 5 nitrogen and oxygen atoms in total. The Kier molecular flexibility index (Phi) is 8.28. The monoisotopic (exact) mass is 505 g/mol. The van der Waals surface area contributed by atoms with Gasteiger partial charge in [0.2, 0.25) is 0 Å². The maximum Gasteiger partial charge on any atom is 0.303 e. The molecule has 0 amide bonds. The van der Waals surface area contributed by atoms with E-state index < -0.39 is 5.97 Å². The summed E-state index contributed by atoms with van der Waals surface area (Å²) in [5.74, 6) is 0.909. The highest BCUT2D eigenvalue weighted by atomic mass is 35.5. The molecule has 2 aromatic carbocycles. The van der Waals surface area contributed by atoms with Crippen molar-refractivity contribution < 1.29 is 19.4 Å². The van der Waals surface area contributed by atoms with Crippen LogP contribution in [0.15, 0.2) is 30.3 Å². The number of hydrogen-bond acceptors (Lipinski definition) is 4. The van der Waals surface area contributed by atoms with Crippen LogP contribution in [0.25, 0.3) is 0 Å². The number of ether oxygens (including phenoxy) is 2. The molecule has 0 aromatic heterocycles. The summed E-state index contributed by atoms with van der Waals surface area (Å²) in [5.41, 5.74) is 3.25. The summed E-state index contributed by atoms with van der Waals surface area (Å²) >= 11 is 13.0. The van der Waals surface area contributed by atoms with E-state index in [1.807, 2.05) is 24.3 Å². The number of benzene rings is 2. The Labute approximate surface area is 212 Å². The predicted octanol–water partition coefficient (Wildman–Crippen LogP) is 6.51. The highest BCUT2D eigenvalue weighted by Crippen LogP contribution is 2.46. The number of hydrogen-bond donors (Lipinski definition) is 1. The number of piperidine rings is 1. The van der Waals surface area contributed by atoms with E-state index >= 15 is 0 Å². The largest absolute Gasteiger partial charge is 0.492 e. The minimum atomic E-state index is -0.724. The molecule has 7 heteroatoms. The molecule has 1 saturated heterocycles. The van der Waals surface area contributed by atoms with Crippen LogP contribution in [0.3, 0.4) is 0 Å². The molecule has 0 aliphatic carbocycles. The molecule has 0 radical (unpaired) electrons. The highest BCUT2D eigenvalue weighted by molar-refractivity contribution is 6.36. The van der Waals surface area contributed by atoms with Crippen molar-refractivity contribution in [2.24, 2.45) is 0 Å².